The van der Waals surface area contributed by atoms with Gasteiger partial charge in [0.25, 0.3) is 0 Å². The van der Waals surface area contributed by atoms with E-state index in [-0.39, 0.29) is 24.8 Å². The molecular formula is C23H26N4O3. The molecule has 4 amide bonds. The molecule has 4 rings (SSSR count). The quantitative estimate of drug-likeness (QED) is 0.770. The Morgan fingerprint density at radius 2 is 1.87 bits per heavy atom. The van der Waals surface area contributed by atoms with Gasteiger partial charge in [-0.2, -0.15) is 4.99 Å². The summed E-state index contributed by atoms with van der Waals surface area (Å²) in [6.07, 6.45) is 7.06. The number of aryl methyl sites for hydroxylation is 1. The van der Waals surface area contributed by atoms with Crippen molar-refractivity contribution in [1.82, 2.24) is 9.80 Å². The molecule has 2 aliphatic heterocycles. The van der Waals surface area contributed by atoms with E-state index in [9.17, 15) is 14.4 Å². The number of allylic oxidation sites excluding steroid dienone is 3. The van der Waals surface area contributed by atoms with Crippen molar-refractivity contribution in [3.63, 3.8) is 0 Å². The number of carbonyl (C=O) groups is 3. The zero-order valence-electron chi connectivity index (χ0n) is 17.4. The highest BCUT2D eigenvalue weighted by Crippen LogP contribution is 2.24. The van der Waals surface area contributed by atoms with E-state index >= 15 is 0 Å². The number of aliphatic imine (C=N–C) groups is 1. The largest absolute Gasteiger partial charge is 0.368 e. The third-order valence-electron chi connectivity index (χ3n) is 6.09. The number of anilines is 1. The molecule has 2 heterocycles. The fourth-order valence-electron chi connectivity index (χ4n) is 4.13. The Bertz CT molecular complexity index is 971. The van der Waals surface area contributed by atoms with E-state index in [1.165, 1.54) is 16.8 Å². The maximum Gasteiger partial charge on any atom is 0.350 e. The van der Waals surface area contributed by atoms with E-state index in [0.29, 0.717) is 18.8 Å². The third kappa shape index (κ3) is 3.79. The van der Waals surface area contributed by atoms with Crippen LogP contribution in [0.4, 0.5) is 10.5 Å². The van der Waals surface area contributed by atoms with Crippen LogP contribution in [-0.2, 0) is 9.59 Å². The second-order valence-corrected chi connectivity index (χ2v) is 7.87. The van der Waals surface area contributed by atoms with Crippen molar-refractivity contribution in [2.45, 2.75) is 20.3 Å². The summed E-state index contributed by atoms with van der Waals surface area (Å²) < 4.78 is 0. The molecule has 156 valence electrons. The number of hydrogen-bond donors (Lipinski definition) is 0. The first-order valence-electron chi connectivity index (χ1n) is 10.3. The zero-order chi connectivity index (χ0) is 21.3. The lowest BCUT2D eigenvalue weighted by molar-refractivity contribution is -0.133. The Labute approximate surface area is 176 Å². The van der Waals surface area contributed by atoms with Crippen molar-refractivity contribution in [2.75, 3.05) is 37.6 Å². The maximum absolute atomic E-state index is 12.7. The van der Waals surface area contributed by atoms with Gasteiger partial charge in [-0.1, -0.05) is 30.4 Å². The molecule has 1 aliphatic carbocycles. The van der Waals surface area contributed by atoms with Crippen molar-refractivity contribution >= 4 is 29.2 Å². The Morgan fingerprint density at radius 3 is 2.63 bits per heavy atom. The zero-order valence-corrected chi connectivity index (χ0v) is 17.4. The number of amides is 4. The smallest absolute Gasteiger partial charge is 0.350 e. The minimum atomic E-state index is -0.584. The minimum Gasteiger partial charge on any atom is -0.368 e. The first kappa shape index (κ1) is 20.1. The number of hydrogen-bond acceptors (Lipinski definition) is 4. The van der Waals surface area contributed by atoms with Crippen molar-refractivity contribution in [1.29, 1.82) is 0 Å². The minimum absolute atomic E-state index is 0.0370. The van der Waals surface area contributed by atoms with Crippen LogP contribution >= 0.6 is 0 Å². The van der Waals surface area contributed by atoms with Crippen molar-refractivity contribution in [3.8, 4) is 0 Å². The van der Waals surface area contributed by atoms with Crippen LogP contribution in [0.5, 0.6) is 0 Å². The van der Waals surface area contributed by atoms with Gasteiger partial charge in [0.1, 0.15) is 0 Å². The number of piperazine rings is 1. The van der Waals surface area contributed by atoms with Crippen molar-refractivity contribution in [2.24, 2.45) is 10.9 Å². The van der Waals surface area contributed by atoms with Crippen LogP contribution in [0.1, 0.15) is 17.5 Å². The SMILES string of the molecule is Cc1cccc(N2CCN(C(=O)CCN3C(=O)N=C4C=CC=CC4C3=O)CC2)c1C. The van der Waals surface area contributed by atoms with E-state index in [0.717, 1.165) is 18.0 Å². The van der Waals surface area contributed by atoms with E-state index in [1.807, 2.05) is 4.90 Å². The van der Waals surface area contributed by atoms with Gasteiger partial charge < -0.3 is 9.80 Å². The molecule has 7 heteroatoms. The molecule has 0 saturated carbocycles. The average Bonchev–Trinajstić information content (AvgIpc) is 2.75. The second kappa shape index (κ2) is 8.26. The molecule has 7 nitrogen and oxygen atoms in total. The highest BCUT2D eigenvalue weighted by atomic mass is 16.2. The number of imide groups is 1. The molecule has 0 radical (unpaired) electrons. The number of rotatable bonds is 4. The summed E-state index contributed by atoms with van der Waals surface area (Å²) in [5.74, 6) is -0.868. The van der Waals surface area contributed by atoms with Gasteiger partial charge in [0, 0.05) is 44.8 Å². The molecule has 3 aliphatic rings. The van der Waals surface area contributed by atoms with Gasteiger partial charge in [-0.05, 0) is 37.1 Å². The lowest BCUT2D eigenvalue weighted by atomic mass is 9.95. The summed E-state index contributed by atoms with van der Waals surface area (Å²) >= 11 is 0. The summed E-state index contributed by atoms with van der Waals surface area (Å²) in [6.45, 7) is 7.10. The number of benzene rings is 1. The first-order valence-corrected chi connectivity index (χ1v) is 10.3. The van der Waals surface area contributed by atoms with Crippen LogP contribution < -0.4 is 4.90 Å². The molecule has 0 bridgehead atoms. The molecule has 1 aromatic carbocycles. The molecule has 1 fully saturated rings. The summed E-state index contributed by atoms with van der Waals surface area (Å²) in [6, 6.07) is 5.71. The molecule has 1 unspecified atom stereocenters. The summed E-state index contributed by atoms with van der Waals surface area (Å²) in [7, 11) is 0. The molecule has 1 atom stereocenters. The Hall–Kier alpha value is -3.22. The molecule has 1 saturated heterocycles. The van der Waals surface area contributed by atoms with Crippen LogP contribution in [0.25, 0.3) is 0 Å². The fourth-order valence-corrected chi connectivity index (χ4v) is 4.13. The van der Waals surface area contributed by atoms with Crippen LogP contribution in [-0.4, -0.2) is 66.1 Å². The maximum atomic E-state index is 12.7. The van der Waals surface area contributed by atoms with Gasteiger partial charge in [0.15, 0.2) is 0 Å². The lowest BCUT2D eigenvalue weighted by Gasteiger charge is -2.37. The predicted octanol–water partition coefficient (Wildman–Crippen LogP) is 2.49. The number of carbonyl (C=O) groups excluding carboxylic acids is 3. The molecule has 0 aromatic heterocycles. The van der Waals surface area contributed by atoms with Crippen molar-refractivity contribution < 1.29 is 14.4 Å². The first-order chi connectivity index (χ1) is 14.5. The molecule has 1 aromatic rings. The van der Waals surface area contributed by atoms with Gasteiger partial charge in [-0.25, -0.2) is 4.79 Å². The highest BCUT2D eigenvalue weighted by Gasteiger charge is 2.36. The van der Waals surface area contributed by atoms with Gasteiger partial charge in [-0.15, -0.1) is 0 Å². The Morgan fingerprint density at radius 1 is 1.10 bits per heavy atom. The van der Waals surface area contributed by atoms with Gasteiger partial charge >= 0.3 is 6.03 Å². The normalized spacial score (nSPS) is 21.1. The third-order valence-corrected chi connectivity index (χ3v) is 6.09. The second-order valence-electron chi connectivity index (χ2n) is 7.87. The highest BCUT2D eigenvalue weighted by molar-refractivity contribution is 6.21. The van der Waals surface area contributed by atoms with E-state index in [2.05, 4.69) is 41.9 Å². The van der Waals surface area contributed by atoms with Crippen molar-refractivity contribution in [3.05, 3.63) is 53.6 Å². The molecule has 30 heavy (non-hydrogen) atoms. The van der Waals surface area contributed by atoms with E-state index in [4.69, 9.17) is 0 Å². The Kier molecular flexibility index (Phi) is 5.53. The van der Waals surface area contributed by atoms with Crippen LogP contribution in [0.3, 0.4) is 0 Å². The van der Waals surface area contributed by atoms with Crippen LogP contribution in [0, 0.1) is 19.8 Å². The van der Waals surface area contributed by atoms with E-state index in [1.54, 1.807) is 24.3 Å². The predicted molar refractivity (Wildman–Crippen MR) is 116 cm³/mol. The topological polar surface area (TPSA) is 73.3 Å². The summed E-state index contributed by atoms with van der Waals surface area (Å²) in [5, 5.41) is 0. The molecule has 0 N–H and O–H groups in total. The van der Waals surface area contributed by atoms with Gasteiger partial charge in [-0.3, -0.25) is 14.5 Å². The van der Waals surface area contributed by atoms with Crippen LogP contribution in [0.2, 0.25) is 0 Å². The molecular weight excluding hydrogens is 380 g/mol. The Balaban J connectivity index is 1.32. The fraction of sp³-hybridized carbons (Fsp3) is 0.391. The van der Waals surface area contributed by atoms with Gasteiger partial charge in [0.05, 0.1) is 11.6 Å². The van der Waals surface area contributed by atoms with Gasteiger partial charge in [0.2, 0.25) is 11.8 Å². The summed E-state index contributed by atoms with van der Waals surface area (Å²) in [5.41, 5.74) is 4.22. The summed E-state index contributed by atoms with van der Waals surface area (Å²) in [4.78, 5) is 46.8. The monoisotopic (exact) mass is 406 g/mol. The molecule has 0 spiro atoms. The van der Waals surface area contributed by atoms with Crippen LogP contribution in [0.15, 0.2) is 47.5 Å². The van der Waals surface area contributed by atoms with E-state index < -0.39 is 11.9 Å². The number of fused-ring (bicyclic) bond motifs is 1. The number of nitrogens with zero attached hydrogens (tertiary/aromatic N) is 4. The lowest BCUT2D eigenvalue weighted by Crippen LogP contribution is -2.50. The average molecular weight is 406 g/mol. The number of urea groups is 1. The standard InChI is InChI=1S/C23H26N4O3/c1-16-6-5-9-20(17(16)2)25-12-14-26(15-13-25)21(28)10-11-27-22(29)18-7-3-4-8-19(18)24-23(27)30/h3-9,18H,10-15H2,1-2H3.